The molecule has 3 rings (SSSR count). The Hall–Kier alpha value is -2.17. The van der Waals surface area contributed by atoms with E-state index in [1.807, 2.05) is 24.3 Å². The van der Waals surface area contributed by atoms with E-state index in [2.05, 4.69) is 41.9 Å². The molecule has 2 aromatic carbocycles. The quantitative estimate of drug-likeness (QED) is 0.544. The van der Waals surface area contributed by atoms with Crippen LogP contribution in [-0.4, -0.2) is 13.7 Å². The van der Waals surface area contributed by atoms with Crippen LogP contribution in [0.2, 0.25) is 0 Å². The van der Waals surface area contributed by atoms with Crippen LogP contribution >= 0.6 is 11.3 Å². The molecule has 1 N–H and O–H groups in total. The minimum absolute atomic E-state index is 0.202. The second-order valence-electron chi connectivity index (χ2n) is 6.36. The van der Waals surface area contributed by atoms with E-state index in [9.17, 15) is 4.39 Å². The molecule has 0 unspecified atom stereocenters. The summed E-state index contributed by atoms with van der Waals surface area (Å²) >= 11 is 1.77. The Morgan fingerprint density at radius 3 is 2.23 bits per heavy atom. The van der Waals surface area contributed by atoms with Gasteiger partial charge in [0.2, 0.25) is 0 Å². The molecule has 0 aliphatic heterocycles. The third-order valence-electron chi connectivity index (χ3n) is 4.64. The molecule has 0 aliphatic carbocycles. The van der Waals surface area contributed by atoms with Gasteiger partial charge in [-0.2, -0.15) is 0 Å². The summed E-state index contributed by atoms with van der Waals surface area (Å²) < 4.78 is 18.6. The summed E-state index contributed by atoms with van der Waals surface area (Å²) in [6.07, 6.45) is 0.938. The van der Waals surface area contributed by atoms with Crippen molar-refractivity contribution in [3.05, 3.63) is 87.9 Å². The maximum Gasteiger partial charge on any atom is 0.123 e. The first-order chi connectivity index (χ1) is 12.7. The topological polar surface area (TPSA) is 21.3 Å². The zero-order chi connectivity index (χ0) is 18.4. The highest BCUT2D eigenvalue weighted by Crippen LogP contribution is 2.29. The molecule has 0 fully saturated rings. The van der Waals surface area contributed by atoms with E-state index in [0.29, 0.717) is 6.04 Å². The van der Waals surface area contributed by atoms with E-state index in [1.54, 1.807) is 18.4 Å². The number of nitrogens with one attached hydrogen (secondary N) is 1. The van der Waals surface area contributed by atoms with Crippen LogP contribution in [0.25, 0.3) is 0 Å². The highest BCUT2D eigenvalue weighted by Gasteiger charge is 2.15. The first-order valence-corrected chi connectivity index (χ1v) is 9.71. The van der Waals surface area contributed by atoms with Crippen molar-refractivity contribution in [3.63, 3.8) is 0 Å². The van der Waals surface area contributed by atoms with E-state index in [-0.39, 0.29) is 11.7 Å². The largest absolute Gasteiger partial charge is 0.497 e. The van der Waals surface area contributed by atoms with Gasteiger partial charge in [-0.3, -0.25) is 0 Å². The number of hydrogen-bond acceptors (Lipinski definition) is 3. The molecule has 0 spiro atoms. The number of ether oxygens (including phenoxy) is 1. The predicted octanol–water partition coefficient (Wildman–Crippen LogP) is 5.77. The Kier molecular flexibility index (Phi) is 6.42. The molecule has 3 aromatic rings. The lowest BCUT2D eigenvalue weighted by molar-refractivity contribution is 0.414. The zero-order valence-corrected chi connectivity index (χ0v) is 15.9. The maximum atomic E-state index is 13.3. The monoisotopic (exact) mass is 369 g/mol. The van der Waals surface area contributed by atoms with Crippen LogP contribution in [0.3, 0.4) is 0 Å². The number of methoxy groups -OCH3 is 1. The van der Waals surface area contributed by atoms with Crippen molar-refractivity contribution in [2.24, 2.45) is 0 Å². The third kappa shape index (κ3) is 4.71. The van der Waals surface area contributed by atoms with Gasteiger partial charge < -0.3 is 10.1 Å². The van der Waals surface area contributed by atoms with Crippen molar-refractivity contribution in [1.82, 2.24) is 5.32 Å². The zero-order valence-electron chi connectivity index (χ0n) is 15.1. The van der Waals surface area contributed by atoms with Crippen molar-refractivity contribution in [2.75, 3.05) is 13.7 Å². The number of benzene rings is 2. The molecule has 0 saturated carbocycles. The summed E-state index contributed by atoms with van der Waals surface area (Å²) in [5, 5.41) is 5.70. The lowest BCUT2D eigenvalue weighted by atomic mass is 9.88. The molecular formula is C22H24FNOS. The fraction of sp³-hybridized carbons (Fsp3) is 0.273. The van der Waals surface area contributed by atoms with Gasteiger partial charge in [0.05, 0.1) is 7.11 Å². The number of rotatable bonds is 8. The average Bonchev–Trinajstić information content (AvgIpc) is 3.21. The number of hydrogen-bond donors (Lipinski definition) is 1. The van der Waals surface area contributed by atoms with Crippen LogP contribution in [0.4, 0.5) is 4.39 Å². The molecule has 0 amide bonds. The molecular weight excluding hydrogens is 345 g/mol. The maximum absolute atomic E-state index is 13.3. The average molecular weight is 370 g/mol. The van der Waals surface area contributed by atoms with Gasteiger partial charge in [-0.25, -0.2) is 4.39 Å². The molecule has 0 bridgehead atoms. The van der Waals surface area contributed by atoms with Crippen LogP contribution in [0.1, 0.15) is 41.3 Å². The van der Waals surface area contributed by atoms with Crippen LogP contribution in [0.15, 0.2) is 66.0 Å². The summed E-state index contributed by atoms with van der Waals surface area (Å²) in [7, 11) is 1.67. The molecule has 0 aliphatic rings. The van der Waals surface area contributed by atoms with Gasteiger partial charge in [-0.1, -0.05) is 30.3 Å². The van der Waals surface area contributed by atoms with Gasteiger partial charge in [0, 0.05) is 16.8 Å². The molecule has 2 atom stereocenters. The SMILES string of the molecule is COc1ccc([C@H](CCN[C@H](C)c2cccs2)c2ccc(F)cc2)cc1. The Labute approximate surface area is 158 Å². The van der Waals surface area contributed by atoms with Crippen molar-refractivity contribution < 1.29 is 9.13 Å². The minimum atomic E-state index is -0.202. The second kappa shape index (κ2) is 8.97. The fourth-order valence-electron chi connectivity index (χ4n) is 3.14. The van der Waals surface area contributed by atoms with Crippen LogP contribution in [0, 0.1) is 5.82 Å². The van der Waals surface area contributed by atoms with E-state index in [4.69, 9.17) is 4.74 Å². The first kappa shape index (κ1) is 18.6. The lowest BCUT2D eigenvalue weighted by Gasteiger charge is -2.20. The van der Waals surface area contributed by atoms with Crippen molar-refractivity contribution in [1.29, 1.82) is 0 Å². The first-order valence-electron chi connectivity index (χ1n) is 8.83. The summed E-state index contributed by atoms with van der Waals surface area (Å²) in [4.78, 5) is 1.34. The molecule has 136 valence electrons. The molecule has 26 heavy (non-hydrogen) atoms. The molecule has 2 nitrogen and oxygen atoms in total. The van der Waals surface area contributed by atoms with Crippen molar-refractivity contribution in [3.8, 4) is 5.75 Å². The van der Waals surface area contributed by atoms with Crippen LogP contribution < -0.4 is 10.1 Å². The summed E-state index contributed by atoms with van der Waals surface area (Å²) in [5.74, 6) is 0.854. The van der Waals surface area contributed by atoms with Crippen LogP contribution in [-0.2, 0) is 0 Å². The fourth-order valence-corrected chi connectivity index (χ4v) is 3.90. The normalized spacial score (nSPS) is 13.3. The predicted molar refractivity (Wildman–Crippen MR) is 107 cm³/mol. The van der Waals surface area contributed by atoms with Gasteiger partial charge in [0.25, 0.3) is 0 Å². The van der Waals surface area contributed by atoms with Crippen molar-refractivity contribution in [2.45, 2.75) is 25.3 Å². The minimum Gasteiger partial charge on any atom is -0.497 e. The van der Waals surface area contributed by atoms with E-state index in [0.717, 1.165) is 24.3 Å². The van der Waals surface area contributed by atoms with E-state index < -0.39 is 0 Å². The third-order valence-corrected chi connectivity index (χ3v) is 5.70. The van der Waals surface area contributed by atoms with Gasteiger partial charge >= 0.3 is 0 Å². The molecule has 1 heterocycles. The Bertz CT molecular complexity index is 784. The van der Waals surface area contributed by atoms with Gasteiger partial charge in [0.1, 0.15) is 11.6 Å². The van der Waals surface area contributed by atoms with E-state index in [1.165, 1.54) is 22.6 Å². The highest BCUT2D eigenvalue weighted by molar-refractivity contribution is 7.10. The lowest BCUT2D eigenvalue weighted by Crippen LogP contribution is -2.21. The van der Waals surface area contributed by atoms with Crippen molar-refractivity contribution >= 4 is 11.3 Å². The number of halogens is 1. The molecule has 0 saturated heterocycles. The Morgan fingerprint density at radius 2 is 1.65 bits per heavy atom. The Morgan fingerprint density at radius 1 is 1.00 bits per heavy atom. The smallest absolute Gasteiger partial charge is 0.123 e. The standard InChI is InChI=1S/C22H24FNOS/c1-16(22-4-3-15-26-22)24-14-13-21(17-5-9-19(23)10-6-17)18-7-11-20(25-2)12-8-18/h3-12,15-16,21,24H,13-14H2,1-2H3/t16-,21-/m1/s1. The summed E-state index contributed by atoms with van der Waals surface area (Å²) in [6, 6.07) is 19.5. The van der Waals surface area contributed by atoms with Crippen LogP contribution in [0.5, 0.6) is 5.75 Å². The number of thiophene rings is 1. The molecule has 4 heteroatoms. The molecule has 1 aromatic heterocycles. The molecule has 0 radical (unpaired) electrons. The van der Waals surface area contributed by atoms with E-state index >= 15 is 0 Å². The highest BCUT2D eigenvalue weighted by atomic mass is 32.1. The van der Waals surface area contributed by atoms with Gasteiger partial charge in [0.15, 0.2) is 0 Å². The second-order valence-corrected chi connectivity index (χ2v) is 7.34. The van der Waals surface area contributed by atoms with Gasteiger partial charge in [-0.15, -0.1) is 11.3 Å². The summed E-state index contributed by atoms with van der Waals surface area (Å²) in [6.45, 7) is 3.07. The Balaban J connectivity index is 1.73. The van der Waals surface area contributed by atoms with Gasteiger partial charge in [-0.05, 0) is 66.7 Å². The summed E-state index contributed by atoms with van der Waals surface area (Å²) in [5.41, 5.74) is 2.34.